The molecule has 148 valence electrons. The molecule has 0 bridgehead atoms. The zero-order valence-corrected chi connectivity index (χ0v) is 17.6. The first-order chi connectivity index (χ1) is 13.2. The van der Waals surface area contributed by atoms with Gasteiger partial charge in [-0.3, -0.25) is 4.99 Å². The molecule has 0 fully saturated rings. The van der Waals surface area contributed by atoms with Crippen LogP contribution in [0.4, 0.5) is 11.4 Å². The Morgan fingerprint density at radius 1 is 1.32 bits per heavy atom. The minimum atomic E-state index is -0.943. The summed E-state index contributed by atoms with van der Waals surface area (Å²) in [6.07, 6.45) is 3.94. The summed E-state index contributed by atoms with van der Waals surface area (Å²) in [6.45, 7) is 10.1. The fourth-order valence-electron chi connectivity index (χ4n) is 4.10. The van der Waals surface area contributed by atoms with E-state index in [0.29, 0.717) is 16.6 Å². The van der Waals surface area contributed by atoms with Crippen molar-refractivity contribution in [1.29, 1.82) is 0 Å². The largest absolute Gasteiger partial charge is 0.478 e. The molecular weight excluding hydrogens is 372 g/mol. The van der Waals surface area contributed by atoms with Crippen LogP contribution in [0.5, 0.6) is 0 Å². The van der Waals surface area contributed by atoms with Crippen LogP contribution in [0.25, 0.3) is 0 Å². The van der Waals surface area contributed by atoms with Crippen molar-refractivity contribution in [1.82, 2.24) is 0 Å². The predicted octanol–water partition coefficient (Wildman–Crippen LogP) is 6.29. The molecule has 4 nitrogen and oxygen atoms in total. The molecule has 1 heterocycles. The highest BCUT2D eigenvalue weighted by atomic mass is 35.5. The third kappa shape index (κ3) is 4.07. The highest BCUT2D eigenvalue weighted by Gasteiger charge is 2.36. The fraction of sp³-hybridized carbons (Fsp3) is 0.391. The standard InChI is InChI=1S/C23H27ClN2O2/c1-5-10-26-21-12-20(24)17(11-19(21)15(2)13-23(26,3)4)14-25-18-8-6-16(7-9-18)22(27)28/h6-9,11-12,14-15H,5,10,13H2,1-4H3,(H,27,28). The van der Waals surface area contributed by atoms with Gasteiger partial charge in [0.1, 0.15) is 0 Å². The second kappa shape index (κ2) is 7.96. The van der Waals surface area contributed by atoms with E-state index in [-0.39, 0.29) is 11.1 Å². The number of rotatable bonds is 5. The molecule has 0 radical (unpaired) electrons. The van der Waals surface area contributed by atoms with E-state index in [1.54, 1.807) is 30.5 Å². The van der Waals surface area contributed by atoms with E-state index >= 15 is 0 Å². The van der Waals surface area contributed by atoms with Gasteiger partial charge in [-0.1, -0.05) is 25.4 Å². The zero-order chi connectivity index (χ0) is 20.5. The van der Waals surface area contributed by atoms with Crippen LogP contribution in [0.1, 0.15) is 67.9 Å². The number of carboxylic acids is 1. The zero-order valence-electron chi connectivity index (χ0n) is 16.9. The number of aromatic carboxylic acids is 1. The third-order valence-corrected chi connectivity index (χ3v) is 5.75. The first-order valence-electron chi connectivity index (χ1n) is 9.71. The van der Waals surface area contributed by atoms with Crippen molar-refractivity contribution in [2.45, 2.75) is 52.0 Å². The quantitative estimate of drug-likeness (QED) is 0.602. The van der Waals surface area contributed by atoms with Crippen LogP contribution in [0.2, 0.25) is 5.02 Å². The van der Waals surface area contributed by atoms with Gasteiger partial charge in [0, 0.05) is 29.5 Å². The lowest BCUT2D eigenvalue weighted by molar-refractivity contribution is 0.0697. The second-order valence-corrected chi connectivity index (χ2v) is 8.52. The SMILES string of the molecule is CCCN1c2cc(Cl)c(C=Nc3ccc(C(=O)O)cc3)cc2C(C)CC1(C)C. The predicted molar refractivity (Wildman–Crippen MR) is 117 cm³/mol. The summed E-state index contributed by atoms with van der Waals surface area (Å²) in [4.78, 5) is 17.9. The molecule has 0 aliphatic carbocycles. The fourth-order valence-corrected chi connectivity index (χ4v) is 4.31. The van der Waals surface area contributed by atoms with Gasteiger partial charge in [0.25, 0.3) is 0 Å². The summed E-state index contributed by atoms with van der Waals surface area (Å²) >= 11 is 6.60. The molecule has 1 unspecified atom stereocenters. The van der Waals surface area contributed by atoms with Crippen LogP contribution < -0.4 is 4.90 Å². The lowest BCUT2D eigenvalue weighted by Crippen LogP contribution is -2.48. The van der Waals surface area contributed by atoms with Crippen LogP contribution in [0.15, 0.2) is 41.4 Å². The van der Waals surface area contributed by atoms with Crippen molar-refractivity contribution in [3.05, 3.63) is 58.1 Å². The van der Waals surface area contributed by atoms with Crippen LogP contribution >= 0.6 is 11.6 Å². The average Bonchev–Trinajstić information content (AvgIpc) is 2.63. The highest BCUT2D eigenvalue weighted by molar-refractivity contribution is 6.33. The Labute approximate surface area is 171 Å². The first-order valence-corrected chi connectivity index (χ1v) is 10.1. The molecule has 0 spiro atoms. The Bertz CT molecular complexity index is 904. The van der Waals surface area contributed by atoms with Crippen LogP contribution in [-0.4, -0.2) is 29.4 Å². The van der Waals surface area contributed by atoms with E-state index in [1.807, 2.05) is 0 Å². The van der Waals surface area contributed by atoms with Crippen molar-refractivity contribution in [2.75, 3.05) is 11.4 Å². The summed E-state index contributed by atoms with van der Waals surface area (Å²) < 4.78 is 0. The summed E-state index contributed by atoms with van der Waals surface area (Å²) in [5, 5.41) is 9.67. The summed E-state index contributed by atoms with van der Waals surface area (Å²) in [6, 6.07) is 10.7. The van der Waals surface area contributed by atoms with Gasteiger partial charge < -0.3 is 10.0 Å². The Morgan fingerprint density at radius 3 is 2.61 bits per heavy atom. The minimum Gasteiger partial charge on any atom is -0.478 e. The van der Waals surface area contributed by atoms with Crippen molar-refractivity contribution < 1.29 is 9.90 Å². The number of nitrogens with zero attached hydrogens (tertiary/aromatic N) is 2. The average molecular weight is 399 g/mol. The van der Waals surface area contributed by atoms with Crippen molar-refractivity contribution in [2.24, 2.45) is 4.99 Å². The first kappa shape index (κ1) is 20.4. The molecule has 2 aromatic rings. The maximum atomic E-state index is 11.0. The van der Waals surface area contributed by atoms with Crippen LogP contribution in [0, 0.1) is 0 Å². The lowest BCUT2D eigenvalue weighted by atomic mass is 9.79. The molecule has 0 amide bonds. The monoisotopic (exact) mass is 398 g/mol. The normalized spacial score (nSPS) is 18.3. The number of anilines is 1. The molecule has 0 aromatic heterocycles. The van der Waals surface area contributed by atoms with Crippen molar-refractivity contribution in [3.63, 3.8) is 0 Å². The van der Waals surface area contributed by atoms with Gasteiger partial charge in [-0.05, 0) is 74.6 Å². The van der Waals surface area contributed by atoms with E-state index in [2.05, 4.69) is 49.7 Å². The Hall–Kier alpha value is -2.33. The van der Waals surface area contributed by atoms with Gasteiger partial charge in [-0.15, -0.1) is 0 Å². The molecule has 5 heteroatoms. The number of halogens is 1. The van der Waals surface area contributed by atoms with E-state index < -0.39 is 5.97 Å². The number of fused-ring (bicyclic) bond motifs is 1. The van der Waals surface area contributed by atoms with Gasteiger partial charge in [-0.2, -0.15) is 0 Å². The molecular formula is C23H27ClN2O2. The summed E-state index contributed by atoms with van der Waals surface area (Å²) in [7, 11) is 0. The van der Waals surface area contributed by atoms with E-state index in [9.17, 15) is 4.79 Å². The minimum absolute atomic E-state index is 0.104. The van der Waals surface area contributed by atoms with E-state index in [4.69, 9.17) is 16.7 Å². The summed E-state index contributed by atoms with van der Waals surface area (Å²) in [5.41, 5.74) is 4.45. The number of carboxylic acid groups (broad SMARTS) is 1. The molecule has 1 aliphatic rings. The van der Waals surface area contributed by atoms with Crippen LogP contribution in [0.3, 0.4) is 0 Å². The molecule has 1 atom stereocenters. The molecule has 28 heavy (non-hydrogen) atoms. The molecule has 1 N–H and O–H groups in total. The van der Waals surface area contributed by atoms with Crippen LogP contribution in [-0.2, 0) is 0 Å². The molecule has 3 rings (SSSR count). The second-order valence-electron chi connectivity index (χ2n) is 8.11. The number of hydrogen-bond donors (Lipinski definition) is 1. The number of benzene rings is 2. The molecule has 1 aliphatic heterocycles. The lowest BCUT2D eigenvalue weighted by Gasteiger charge is -2.47. The molecule has 0 saturated carbocycles. The molecule has 0 saturated heterocycles. The van der Waals surface area contributed by atoms with Gasteiger partial charge in [0.15, 0.2) is 0 Å². The topological polar surface area (TPSA) is 52.9 Å². The van der Waals surface area contributed by atoms with Gasteiger partial charge in [0.05, 0.1) is 16.3 Å². The number of hydrogen-bond acceptors (Lipinski definition) is 3. The number of aliphatic imine (C=N–C) groups is 1. The smallest absolute Gasteiger partial charge is 0.335 e. The van der Waals surface area contributed by atoms with Gasteiger partial charge in [0.2, 0.25) is 0 Å². The number of carbonyl (C=O) groups is 1. The molecule has 2 aromatic carbocycles. The van der Waals surface area contributed by atoms with Crippen molar-refractivity contribution >= 4 is 35.2 Å². The maximum absolute atomic E-state index is 11.0. The Morgan fingerprint density at radius 2 is 2.00 bits per heavy atom. The van der Waals surface area contributed by atoms with E-state index in [1.165, 1.54) is 11.3 Å². The summed E-state index contributed by atoms with van der Waals surface area (Å²) in [5.74, 6) is -0.501. The highest BCUT2D eigenvalue weighted by Crippen LogP contribution is 2.45. The van der Waals surface area contributed by atoms with E-state index in [0.717, 1.165) is 24.9 Å². The Kier molecular flexibility index (Phi) is 5.80. The van der Waals surface area contributed by atoms with Gasteiger partial charge >= 0.3 is 5.97 Å². The van der Waals surface area contributed by atoms with Crippen molar-refractivity contribution in [3.8, 4) is 0 Å². The third-order valence-electron chi connectivity index (χ3n) is 5.42. The Balaban J connectivity index is 1.94. The maximum Gasteiger partial charge on any atom is 0.335 e. The van der Waals surface area contributed by atoms with Gasteiger partial charge in [-0.25, -0.2) is 4.79 Å².